The van der Waals surface area contributed by atoms with E-state index in [4.69, 9.17) is 5.84 Å². The van der Waals surface area contributed by atoms with E-state index in [0.717, 1.165) is 0 Å². The highest BCUT2D eigenvalue weighted by molar-refractivity contribution is 14.1. The molecule has 1 aliphatic carbocycles. The summed E-state index contributed by atoms with van der Waals surface area (Å²) in [6.45, 7) is 0. The third-order valence-electron chi connectivity index (χ3n) is 3.57. The highest BCUT2D eigenvalue weighted by atomic mass is 127. The predicted molar refractivity (Wildman–Crippen MR) is 85.0 cm³/mol. The van der Waals surface area contributed by atoms with Gasteiger partial charge in [0.15, 0.2) is 0 Å². The summed E-state index contributed by atoms with van der Waals surface area (Å²) >= 11 is 2.33. The van der Waals surface area contributed by atoms with Crippen molar-refractivity contribution in [3.05, 3.63) is 45.0 Å². The Morgan fingerprint density at radius 1 is 1.06 bits per heavy atom. The summed E-state index contributed by atoms with van der Waals surface area (Å²) in [5, 5.41) is 0. The van der Waals surface area contributed by atoms with Crippen molar-refractivity contribution in [1.82, 2.24) is 5.43 Å². The molecule has 1 atom stereocenters. The van der Waals surface area contributed by atoms with Crippen molar-refractivity contribution in [2.75, 3.05) is 0 Å². The molecule has 0 fully saturated rings. The lowest BCUT2D eigenvalue weighted by atomic mass is 9.91. The van der Waals surface area contributed by atoms with E-state index in [1.54, 1.807) is 0 Å². The molecule has 0 spiro atoms. The van der Waals surface area contributed by atoms with Crippen LogP contribution >= 0.6 is 22.6 Å². The van der Waals surface area contributed by atoms with Crippen LogP contribution in [0.3, 0.4) is 0 Å². The van der Waals surface area contributed by atoms with Crippen LogP contribution in [0.15, 0.2) is 35.9 Å². The van der Waals surface area contributed by atoms with E-state index in [-0.39, 0.29) is 6.04 Å². The van der Waals surface area contributed by atoms with E-state index in [2.05, 4.69) is 58.4 Å². The van der Waals surface area contributed by atoms with Gasteiger partial charge < -0.3 is 0 Å². The van der Waals surface area contributed by atoms with Crippen LogP contribution in [0.4, 0.5) is 0 Å². The molecule has 0 saturated carbocycles. The van der Waals surface area contributed by atoms with Crippen molar-refractivity contribution in [2.24, 2.45) is 5.84 Å². The van der Waals surface area contributed by atoms with Gasteiger partial charge in [0.05, 0.1) is 6.04 Å². The number of hydrazine groups is 1. The monoisotopic (exact) mass is 356 g/mol. The van der Waals surface area contributed by atoms with Gasteiger partial charge in [-0.05, 0) is 66.0 Å². The second kappa shape index (κ2) is 7.26. The molecule has 2 nitrogen and oxygen atoms in total. The minimum atomic E-state index is 0.181. The lowest BCUT2D eigenvalue weighted by molar-refractivity contribution is 0.555. The number of halogens is 1. The quantitative estimate of drug-likeness (QED) is 0.371. The molecule has 0 amide bonds. The van der Waals surface area contributed by atoms with E-state index in [1.165, 1.54) is 53.2 Å². The standard InChI is InChI=1S/C15H21IN2/c16-14-10-8-13(9-11-14)15(18-17)12-6-4-2-1-3-5-7-12/h6,8-11,15,18H,1-5,7,17H2/b12-6+. The van der Waals surface area contributed by atoms with Gasteiger partial charge in [-0.1, -0.05) is 36.6 Å². The molecule has 18 heavy (non-hydrogen) atoms. The first kappa shape index (κ1) is 14.0. The van der Waals surface area contributed by atoms with Gasteiger partial charge in [-0.3, -0.25) is 5.84 Å². The van der Waals surface area contributed by atoms with Crippen LogP contribution in [0.5, 0.6) is 0 Å². The first-order valence-corrected chi connectivity index (χ1v) is 7.79. The number of nitrogens with one attached hydrogen (secondary N) is 1. The largest absolute Gasteiger partial charge is 0.271 e. The third kappa shape index (κ3) is 3.80. The number of nitrogens with two attached hydrogens (primary N) is 1. The van der Waals surface area contributed by atoms with Crippen LogP contribution in [0.2, 0.25) is 0 Å². The van der Waals surface area contributed by atoms with Crippen molar-refractivity contribution in [1.29, 1.82) is 0 Å². The fraction of sp³-hybridized carbons (Fsp3) is 0.467. The van der Waals surface area contributed by atoms with Crippen LogP contribution in [0, 0.1) is 3.57 Å². The number of hydrogen-bond acceptors (Lipinski definition) is 2. The van der Waals surface area contributed by atoms with Gasteiger partial charge in [0.2, 0.25) is 0 Å². The number of rotatable bonds is 3. The fourth-order valence-corrected chi connectivity index (χ4v) is 2.91. The van der Waals surface area contributed by atoms with Crippen LogP contribution in [-0.2, 0) is 0 Å². The molecule has 0 heterocycles. The maximum absolute atomic E-state index is 5.77. The van der Waals surface area contributed by atoms with Crippen LogP contribution in [0.25, 0.3) is 0 Å². The van der Waals surface area contributed by atoms with E-state index in [0.29, 0.717) is 0 Å². The summed E-state index contributed by atoms with van der Waals surface area (Å²) in [4.78, 5) is 0. The molecule has 0 bridgehead atoms. The lowest BCUT2D eigenvalue weighted by Gasteiger charge is -2.22. The van der Waals surface area contributed by atoms with Gasteiger partial charge in [-0.15, -0.1) is 0 Å². The zero-order valence-electron chi connectivity index (χ0n) is 10.7. The second-order valence-corrected chi connectivity index (χ2v) is 6.13. The van der Waals surface area contributed by atoms with Crippen LogP contribution in [-0.4, -0.2) is 0 Å². The average molecular weight is 356 g/mol. The van der Waals surface area contributed by atoms with Crippen molar-refractivity contribution in [3.8, 4) is 0 Å². The third-order valence-corrected chi connectivity index (χ3v) is 4.29. The molecule has 1 aromatic rings. The van der Waals surface area contributed by atoms with Gasteiger partial charge in [0.1, 0.15) is 0 Å². The number of benzene rings is 1. The Kier molecular flexibility index (Phi) is 5.66. The topological polar surface area (TPSA) is 38.0 Å². The molecule has 0 saturated heterocycles. The molecule has 2 rings (SSSR count). The van der Waals surface area contributed by atoms with Crippen molar-refractivity contribution in [3.63, 3.8) is 0 Å². The summed E-state index contributed by atoms with van der Waals surface area (Å²) in [6.07, 6.45) is 10.1. The smallest absolute Gasteiger partial charge is 0.0670 e. The Morgan fingerprint density at radius 3 is 2.50 bits per heavy atom. The number of hydrogen-bond donors (Lipinski definition) is 2. The molecular weight excluding hydrogens is 335 g/mol. The minimum Gasteiger partial charge on any atom is -0.271 e. The Balaban J connectivity index is 2.18. The fourth-order valence-electron chi connectivity index (χ4n) is 2.55. The normalized spacial score (nSPS) is 21.6. The lowest BCUT2D eigenvalue weighted by Crippen LogP contribution is -2.29. The molecule has 0 aliphatic heterocycles. The highest BCUT2D eigenvalue weighted by Crippen LogP contribution is 2.28. The van der Waals surface area contributed by atoms with Gasteiger partial charge >= 0.3 is 0 Å². The van der Waals surface area contributed by atoms with Crippen LogP contribution < -0.4 is 11.3 Å². The average Bonchev–Trinajstić information content (AvgIpc) is 2.34. The molecule has 3 heteroatoms. The molecule has 1 aromatic carbocycles. The summed E-state index contributed by atoms with van der Waals surface area (Å²) in [6, 6.07) is 8.81. The SMILES string of the molecule is NNC(/C1=C/CCCCCC1)c1ccc(I)cc1. The van der Waals surface area contributed by atoms with Crippen LogP contribution in [0.1, 0.15) is 50.1 Å². The zero-order chi connectivity index (χ0) is 12.8. The summed E-state index contributed by atoms with van der Waals surface area (Å²) in [7, 11) is 0. The molecule has 98 valence electrons. The summed E-state index contributed by atoms with van der Waals surface area (Å²) in [5.74, 6) is 5.77. The summed E-state index contributed by atoms with van der Waals surface area (Å²) < 4.78 is 1.26. The van der Waals surface area contributed by atoms with Crippen molar-refractivity contribution in [2.45, 2.75) is 44.6 Å². The van der Waals surface area contributed by atoms with E-state index >= 15 is 0 Å². The number of allylic oxidation sites excluding steroid dienone is 1. The maximum atomic E-state index is 5.77. The Hall–Kier alpha value is -0.390. The molecule has 1 aliphatic rings. The van der Waals surface area contributed by atoms with Gasteiger partial charge in [-0.25, -0.2) is 5.43 Å². The van der Waals surface area contributed by atoms with Gasteiger partial charge in [0.25, 0.3) is 0 Å². The van der Waals surface area contributed by atoms with Gasteiger partial charge in [-0.2, -0.15) is 0 Å². The van der Waals surface area contributed by atoms with E-state index in [1.807, 2.05) is 0 Å². The molecule has 0 radical (unpaired) electrons. The minimum absolute atomic E-state index is 0.181. The summed E-state index contributed by atoms with van der Waals surface area (Å²) in [5.41, 5.74) is 5.71. The van der Waals surface area contributed by atoms with Crippen molar-refractivity contribution < 1.29 is 0 Å². The van der Waals surface area contributed by atoms with Crippen molar-refractivity contribution >= 4 is 22.6 Å². The Morgan fingerprint density at radius 2 is 1.78 bits per heavy atom. The molecule has 3 N–H and O–H groups in total. The van der Waals surface area contributed by atoms with E-state index in [9.17, 15) is 0 Å². The first-order chi connectivity index (χ1) is 8.81. The zero-order valence-corrected chi connectivity index (χ0v) is 12.8. The Labute approximate surface area is 123 Å². The predicted octanol–water partition coefficient (Wildman–Crippen LogP) is 4.08. The van der Waals surface area contributed by atoms with E-state index < -0.39 is 0 Å². The first-order valence-electron chi connectivity index (χ1n) is 6.72. The molecule has 0 aromatic heterocycles. The highest BCUT2D eigenvalue weighted by Gasteiger charge is 2.15. The Bertz CT molecular complexity index is 397. The maximum Gasteiger partial charge on any atom is 0.0670 e. The molecule has 1 unspecified atom stereocenters. The second-order valence-electron chi connectivity index (χ2n) is 4.88. The van der Waals surface area contributed by atoms with Gasteiger partial charge in [0, 0.05) is 3.57 Å². The molecular formula is C15H21IN2.